The fraction of sp³-hybridized carbons (Fsp3) is 0.111. The minimum atomic E-state index is -0.436. The Kier molecular flexibility index (Phi) is 6.89. The summed E-state index contributed by atoms with van der Waals surface area (Å²) in [6.07, 6.45) is 26.6. The number of allylic oxidation sites excluding steroid dienone is 14. The van der Waals surface area contributed by atoms with Crippen molar-refractivity contribution in [1.82, 2.24) is 0 Å². The number of benzene rings is 7. The van der Waals surface area contributed by atoms with Gasteiger partial charge in [0.1, 0.15) is 0 Å². The van der Waals surface area contributed by atoms with Crippen LogP contribution in [0.1, 0.15) is 82.2 Å². The molecular formula is C63H43N. The number of hydrogen-bond acceptors (Lipinski definition) is 1. The molecule has 64 heavy (non-hydrogen) atoms. The number of hydrogen-bond donors (Lipinski definition) is 0. The topological polar surface area (TPSA) is 3.24 Å². The maximum absolute atomic E-state index is 2.60. The zero-order valence-electron chi connectivity index (χ0n) is 35.5. The lowest BCUT2D eigenvalue weighted by Crippen LogP contribution is -2.27. The van der Waals surface area contributed by atoms with Crippen LogP contribution < -0.4 is 4.90 Å². The van der Waals surface area contributed by atoms with Crippen molar-refractivity contribution in [3.63, 3.8) is 0 Å². The van der Waals surface area contributed by atoms with Crippen LogP contribution in [0.25, 0.3) is 50.1 Å². The van der Waals surface area contributed by atoms with Crippen LogP contribution >= 0.6 is 0 Å². The van der Waals surface area contributed by atoms with E-state index in [4.69, 9.17) is 0 Å². The molecule has 7 aromatic rings. The molecule has 0 saturated carbocycles. The van der Waals surface area contributed by atoms with E-state index in [1.54, 1.807) is 5.57 Å². The van der Waals surface area contributed by atoms with Crippen LogP contribution in [0.5, 0.6) is 0 Å². The predicted molar refractivity (Wildman–Crippen MR) is 265 cm³/mol. The van der Waals surface area contributed by atoms with Crippen LogP contribution in [-0.4, -0.2) is 0 Å². The van der Waals surface area contributed by atoms with Crippen LogP contribution in [0.15, 0.2) is 211 Å². The van der Waals surface area contributed by atoms with Crippen LogP contribution in [0.2, 0.25) is 0 Å². The first-order chi connectivity index (χ1) is 31.8. The molecule has 1 heteroatoms. The summed E-state index contributed by atoms with van der Waals surface area (Å²) in [4.78, 5) is 2.59. The van der Waals surface area contributed by atoms with Crippen LogP contribution in [-0.2, 0) is 10.8 Å². The third kappa shape index (κ3) is 4.13. The van der Waals surface area contributed by atoms with E-state index < -0.39 is 5.41 Å². The third-order valence-electron chi connectivity index (χ3n) is 15.9. The van der Waals surface area contributed by atoms with E-state index in [1.807, 2.05) is 0 Å². The molecule has 8 aliphatic carbocycles. The van der Waals surface area contributed by atoms with E-state index in [1.165, 1.54) is 117 Å². The Balaban J connectivity index is 1.01. The molecule has 0 radical (unpaired) electrons. The molecule has 300 valence electrons. The Morgan fingerprint density at radius 1 is 0.422 bits per heavy atom. The summed E-state index contributed by atoms with van der Waals surface area (Å²) in [7, 11) is 0. The van der Waals surface area contributed by atoms with Crippen molar-refractivity contribution in [2.75, 3.05) is 4.90 Å². The van der Waals surface area contributed by atoms with Crippen molar-refractivity contribution in [2.24, 2.45) is 0 Å². The summed E-state index contributed by atoms with van der Waals surface area (Å²) in [5.74, 6) is 0. The van der Waals surface area contributed by atoms with Crippen molar-refractivity contribution in [1.29, 1.82) is 0 Å². The van der Waals surface area contributed by atoms with Crippen molar-refractivity contribution in [3.05, 3.63) is 261 Å². The Hall–Kier alpha value is -7.48. The third-order valence-corrected chi connectivity index (χ3v) is 15.9. The summed E-state index contributed by atoms with van der Waals surface area (Å²) >= 11 is 0. The molecule has 0 amide bonds. The summed E-state index contributed by atoms with van der Waals surface area (Å²) in [6.45, 7) is 0. The van der Waals surface area contributed by atoms with Gasteiger partial charge in [-0.25, -0.2) is 0 Å². The Labute approximate surface area is 374 Å². The zero-order chi connectivity index (χ0) is 41.7. The van der Waals surface area contributed by atoms with Crippen LogP contribution in [0.4, 0.5) is 17.1 Å². The Morgan fingerprint density at radius 3 is 1.91 bits per heavy atom. The maximum Gasteiger partial charge on any atom is 0.0726 e. The molecule has 0 N–H and O–H groups in total. The molecule has 15 rings (SSSR count). The smallest absolute Gasteiger partial charge is 0.0726 e. The molecule has 2 atom stereocenters. The lowest BCUT2D eigenvalue weighted by Gasteiger charge is -2.34. The molecule has 8 aliphatic rings. The van der Waals surface area contributed by atoms with Crippen molar-refractivity contribution >= 4 is 33.8 Å². The lowest BCUT2D eigenvalue weighted by atomic mass is 9.69. The highest BCUT2D eigenvalue weighted by atomic mass is 15.1. The first-order valence-corrected chi connectivity index (χ1v) is 23.3. The fourth-order valence-electron chi connectivity index (χ4n) is 13.7. The van der Waals surface area contributed by atoms with Gasteiger partial charge in [-0.3, -0.25) is 0 Å². The van der Waals surface area contributed by atoms with Gasteiger partial charge in [0.15, 0.2) is 0 Å². The number of anilines is 3. The van der Waals surface area contributed by atoms with E-state index in [2.05, 4.69) is 205 Å². The molecular weight excluding hydrogens is 771 g/mol. The fourth-order valence-corrected chi connectivity index (χ4v) is 13.7. The van der Waals surface area contributed by atoms with Gasteiger partial charge in [-0.05, 0) is 168 Å². The van der Waals surface area contributed by atoms with Gasteiger partial charge >= 0.3 is 0 Å². The molecule has 7 aromatic carbocycles. The van der Waals surface area contributed by atoms with E-state index in [0.717, 1.165) is 37.8 Å². The average molecular weight is 814 g/mol. The van der Waals surface area contributed by atoms with Crippen molar-refractivity contribution in [3.8, 4) is 33.4 Å². The van der Waals surface area contributed by atoms with Gasteiger partial charge in [-0.1, -0.05) is 170 Å². The van der Waals surface area contributed by atoms with E-state index in [-0.39, 0.29) is 5.41 Å². The summed E-state index contributed by atoms with van der Waals surface area (Å²) in [5.41, 5.74) is 30.6. The monoisotopic (exact) mass is 813 g/mol. The number of nitrogens with zero attached hydrogens (tertiary/aromatic N) is 1. The van der Waals surface area contributed by atoms with Gasteiger partial charge in [0.05, 0.1) is 16.5 Å². The van der Waals surface area contributed by atoms with Crippen LogP contribution in [0.3, 0.4) is 0 Å². The molecule has 1 nitrogen and oxygen atoms in total. The molecule has 0 saturated heterocycles. The quantitative estimate of drug-likeness (QED) is 0.171. The molecule has 2 unspecified atom stereocenters. The van der Waals surface area contributed by atoms with Gasteiger partial charge in [-0.2, -0.15) is 0 Å². The highest BCUT2D eigenvalue weighted by molar-refractivity contribution is 6.08. The molecule has 0 aromatic heterocycles. The second-order valence-electron chi connectivity index (χ2n) is 18.7. The van der Waals surface area contributed by atoms with Crippen molar-refractivity contribution in [2.45, 2.75) is 42.9 Å². The van der Waals surface area contributed by atoms with Crippen LogP contribution in [0, 0.1) is 0 Å². The summed E-state index contributed by atoms with van der Waals surface area (Å²) < 4.78 is 0. The maximum atomic E-state index is 2.60. The van der Waals surface area contributed by atoms with Crippen molar-refractivity contribution < 1.29 is 0 Å². The highest BCUT2D eigenvalue weighted by Crippen LogP contribution is 2.71. The van der Waals surface area contributed by atoms with Gasteiger partial charge in [0, 0.05) is 16.9 Å². The molecule has 0 bridgehead atoms. The Bertz CT molecular complexity index is 3520. The summed E-state index contributed by atoms with van der Waals surface area (Å²) in [5, 5.41) is 0. The predicted octanol–water partition coefficient (Wildman–Crippen LogP) is 15.9. The summed E-state index contributed by atoms with van der Waals surface area (Å²) in [6, 6.07) is 56.6. The molecule has 0 aliphatic heterocycles. The highest BCUT2D eigenvalue weighted by Gasteiger charge is 2.58. The minimum absolute atomic E-state index is 0.288. The molecule has 0 heterocycles. The average Bonchev–Trinajstić information content (AvgIpc) is 4.05. The molecule has 2 spiro atoms. The number of fused-ring (bicyclic) bond motifs is 13. The van der Waals surface area contributed by atoms with E-state index >= 15 is 0 Å². The van der Waals surface area contributed by atoms with E-state index in [0.29, 0.717) is 0 Å². The lowest BCUT2D eigenvalue weighted by molar-refractivity contribution is 0.730. The zero-order valence-corrected chi connectivity index (χ0v) is 35.5. The second-order valence-corrected chi connectivity index (χ2v) is 18.7. The largest absolute Gasteiger partial charge is 0.310 e. The van der Waals surface area contributed by atoms with Gasteiger partial charge in [-0.15, -0.1) is 0 Å². The number of rotatable bonds is 4. The Morgan fingerprint density at radius 2 is 1.08 bits per heavy atom. The van der Waals surface area contributed by atoms with E-state index in [9.17, 15) is 0 Å². The SMILES string of the molecule is C1=CC2=C(C=CC1)C1(c3ccccc32)c2ccccc2-c2c(N(c3ccc(C4=CCCC=C4)cc3)c3ccc4c(c3)C35C6=C(C=CCC6)c6cccc(c63)-c3cccc-4c35)cccc21. The second kappa shape index (κ2) is 12.6. The first-order valence-electron chi connectivity index (χ1n) is 23.3. The minimum Gasteiger partial charge on any atom is -0.310 e. The van der Waals surface area contributed by atoms with Gasteiger partial charge < -0.3 is 4.90 Å². The molecule has 0 fully saturated rings. The first kappa shape index (κ1) is 35.0. The van der Waals surface area contributed by atoms with Gasteiger partial charge in [0.2, 0.25) is 0 Å². The standard InChI is InChI=1S/C63H43N/c1-3-16-39(17-4-1)40-32-34-41(35-33-40)64(42-36-37-46-48-23-14-25-50-49-24-13-22-47-45-20-8-11-28-54(45)63(60(47)49,61(48)50)57(46)38-42)58-31-15-30-56-59(58)51-21-9-12-29-55(51)62(56)52-26-6-2-5-18-43(52)44-19-7-10-27-53(44)62/h3,5-10,12-27,29-38H,1-2,4,11,28H2. The van der Waals surface area contributed by atoms with Gasteiger partial charge in [0.25, 0.3) is 0 Å². The normalized spacial score (nSPS) is 21.3.